The lowest BCUT2D eigenvalue weighted by Crippen LogP contribution is -2.23. The summed E-state index contributed by atoms with van der Waals surface area (Å²) in [6.07, 6.45) is 1.83. The molecule has 2 aromatic rings. The molecule has 0 saturated heterocycles. The number of nitrogens with one attached hydrogen (secondary N) is 1. The second-order valence-electron chi connectivity index (χ2n) is 4.89. The molecule has 0 radical (unpaired) electrons. The van der Waals surface area contributed by atoms with E-state index in [1.165, 1.54) is 5.56 Å². The number of aromatic nitrogens is 2. The van der Waals surface area contributed by atoms with Crippen LogP contribution >= 0.6 is 0 Å². The third-order valence-electron chi connectivity index (χ3n) is 3.13. The van der Waals surface area contributed by atoms with Gasteiger partial charge in [-0.2, -0.15) is 0 Å². The molecule has 0 fully saturated rings. The van der Waals surface area contributed by atoms with Crippen LogP contribution in [0.1, 0.15) is 30.9 Å². The quantitative estimate of drug-likeness (QED) is 0.893. The first-order valence-electron chi connectivity index (χ1n) is 6.17. The summed E-state index contributed by atoms with van der Waals surface area (Å²) in [5.41, 5.74) is 2.07. The number of rotatable bonds is 4. The van der Waals surface area contributed by atoms with Gasteiger partial charge in [0.2, 0.25) is 0 Å². The van der Waals surface area contributed by atoms with Crippen LogP contribution in [0.15, 0.2) is 42.6 Å². The van der Waals surface area contributed by atoms with Gasteiger partial charge >= 0.3 is 0 Å². The maximum absolute atomic E-state index is 4.64. The Morgan fingerprint density at radius 1 is 1.11 bits per heavy atom. The summed E-state index contributed by atoms with van der Waals surface area (Å²) in [5, 5.41) is 3.11. The largest absolute Gasteiger partial charge is 0.314 e. The van der Waals surface area contributed by atoms with E-state index in [9.17, 15) is 0 Å². The highest BCUT2D eigenvalue weighted by Gasteiger charge is 2.26. The first-order valence-corrected chi connectivity index (χ1v) is 6.17. The van der Waals surface area contributed by atoms with Gasteiger partial charge in [-0.05, 0) is 32.5 Å². The lowest BCUT2D eigenvalue weighted by molar-refractivity contribution is 0.582. The molecule has 0 spiro atoms. The van der Waals surface area contributed by atoms with Gasteiger partial charge in [0, 0.05) is 18.2 Å². The first-order chi connectivity index (χ1) is 8.64. The number of nitrogens with zero attached hydrogens (tertiary/aromatic N) is 2. The average Bonchev–Trinajstić information content (AvgIpc) is 2.40. The predicted molar refractivity (Wildman–Crippen MR) is 73.4 cm³/mol. The third kappa shape index (κ3) is 2.57. The van der Waals surface area contributed by atoms with Gasteiger partial charge in [-0.25, -0.2) is 9.97 Å². The Labute approximate surface area is 108 Å². The first kappa shape index (κ1) is 12.7. The van der Waals surface area contributed by atoms with Gasteiger partial charge in [-0.15, -0.1) is 0 Å². The van der Waals surface area contributed by atoms with E-state index in [4.69, 9.17) is 0 Å². The molecule has 3 nitrogen and oxygen atoms in total. The van der Waals surface area contributed by atoms with Crippen molar-refractivity contribution in [2.45, 2.75) is 25.8 Å². The SMILES string of the molecule is CNCc1ccnc(C(C)(C)c2ccccc2)n1. The smallest absolute Gasteiger partial charge is 0.138 e. The zero-order chi connectivity index (χ0) is 13.0. The second kappa shape index (κ2) is 5.27. The summed E-state index contributed by atoms with van der Waals surface area (Å²) in [4.78, 5) is 9.07. The highest BCUT2D eigenvalue weighted by Crippen LogP contribution is 2.28. The van der Waals surface area contributed by atoms with Crippen molar-refractivity contribution in [2.24, 2.45) is 0 Å². The van der Waals surface area contributed by atoms with E-state index in [1.54, 1.807) is 0 Å². The van der Waals surface area contributed by atoms with Crippen LogP contribution in [0.2, 0.25) is 0 Å². The van der Waals surface area contributed by atoms with Crippen molar-refractivity contribution in [3.05, 3.63) is 59.7 Å². The summed E-state index contributed by atoms with van der Waals surface area (Å²) in [7, 11) is 1.92. The Kier molecular flexibility index (Phi) is 3.72. The zero-order valence-electron chi connectivity index (χ0n) is 11.1. The van der Waals surface area contributed by atoms with Crippen molar-refractivity contribution >= 4 is 0 Å². The maximum atomic E-state index is 4.64. The molecule has 0 unspecified atom stereocenters. The van der Waals surface area contributed by atoms with Gasteiger partial charge in [-0.3, -0.25) is 0 Å². The molecule has 0 aliphatic rings. The van der Waals surface area contributed by atoms with Gasteiger partial charge in [0.25, 0.3) is 0 Å². The molecular weight excluding hydrogens is 222 g/mol. The summed E-state index contributed by atoms with van der Waals surface area (Å²) in [6, 6.07) is 12.3. The molecule has 1 aromatic carbocycles. The molecule has 0 bridgehead atoms. The molecule has 0 atom stereocenters. The van der Waals surface area contributed by atoms with Gasteiger partial charge in [0.05, 0.1) is 5.69 Å². The number of hydrogen-bond donors (Lipinski definition) is 1. The van der Waals surface area contributed by atoms with Gasteiger partial charge < -0.3 is 5.32 Å². The number of benzene rings is 1. The topological polar surface area (TPSA) is 37.8 Å². The number of hydrogen-bond acceptors (Lipinski definition) is 3. The van der Waals surface area contributed by atoms with E-state index in [0.717, 1.165) is 18.1 Å². The Hall–Kier alpha value is -1.74. The fourth-order valence-corrected chi connectivity index (χ4v) is 1.96. The standard InChI is InChI=1S/C15H19N3/c1-15(2,12-7-5-4-6-8-12)14-17-10-9-13(18-14)11-16-3/h4-10,16H,11H2,1-3H3. The van der Waals surface area contributed by atoms with Crippen LogP contribution in [-0.2, 0) is 12.0 Å². The Balaban J connectivity index is 2.38. The molecule has 18 heavy (non-hydrogen) atoms. The van der Waals surface area contributed by atoms with E-state index in [2.05, 4.69) is 53.4 Å². The molecule has 94 valence electrons. The molecule has 1 heterocycles. The van der Waals surface area contributed by atoms with Crippen molar-refractivity contribution in [1.29, 1.82) is 0 Å². The molecule has 0 aliphatic carbocycles. The summed E-state index contributed by atoms with van der Waals surface area (Å²) < 4.78 is 0. The Morgan fingerprint density at radius 3 is 2.50 bits per heavy atom. The predicted octanol–water partition coefficient (Wildman–Crippen LogP) is 2.52. The molecule has 1 aromatic heterocycles. The lowest BCUT2D eigenvalue weighted by Gasteiger charge is -2.23. The van der Waals surface area contributed by atoms with Crippen molar-refractivity contribution in [2.75, 3.05) is 7.05 Å². The van der Waals surface area contributed by atoms with Crippen LogP contribution in [0, 0.1) is 0 Å². The Morgan fingerprint density at radius 2 is 1.83 bits per heavy atom. The van der Waals surface area contributed by atoms with Crippen LogP contribution in [-0.4, -0.2) is 17.0 Å². The molecule has 1 N–H and O–H groups in total. The monoisotopic (exact) mass is 241 g/mol. The minimum Gasteiger partial charge on any atom is -0.314 e. The van der Waals surface area contributed by atoms with Gasteiger partial charge in [-0.1, -0.05) is 30.3 Å². The van der Waals surface area contributed by atoms with Crippen molar-refractivity contribution in [3.63, 3.8) is 0 Å². The molecule has 3 heteroatoms. The van der Waals surface area contributed by atoms with Crippen molar-refractivity contribution in [1.82, 2.24) is 15.3 Å². The van der Waals surface area contributed by atoms with Crippen LogP contribution in [0.3, 0.4) is 0 Å². The summed E-state index contributed by atoms with van der Waals surface area (Å²) in [5.74, 6) is 0.862. The normalized spacial score (nSPS) is 11.5. The van der Waals surface area contributed by atoms with Gasteiger partial charge in [0.1, 0.15) is 5.82 Å². The third-order valence-corrected chi connectivity index (χ3v) is 3.13. The van der Waals surface area contributed by atoms with E-state index in [0.29, 0.717) is 0 Å². The molecule has 0 aliphatic heterocycles. The van der Waals surface area contributed by atoms with Gasteiger partial charge in [0.15, 0.2) is 0 Å². The van der Waals surface area contributed by atoms with E-state index in [1.807, 2.05) is 25.4 Å². The highest BCUT2D eigenvalue weighted by atomic mass is 14.9. The Bertz CT molecular complexity index is 506. The summed E-state index contributed by atoms with van der Waals surface area (Å²) >= 11 is 0. The molecule has 2 rings (SSSR count). The van der Waals surface area contributed by atoms with Crippen LogP contribution < -0.4 is 5.32 Å². The van der Waals surface area contributed by atoms with Crippen LogP contribution in [0.25, 0.3) is 0 Å². The lowest BCUT2D eigenvalue weighted by atomic mass is 9.84. The van der Waals surface area contributed by atoms with Crippen LogP contribution in [0.4, 0.5) is 0 Å². The van der Waals surface area contributed by atoms with Crippen LogP contribution in [0.5, 0.6) is 0 Å². The minimum absolute atomic E-state index is 0.176. The average molecular weight is 241 g/mol. The zero-order valence-corrected chi connectivity index (χ0v) is 11.1. The van der Waals surface area contributed by atoms with Crippen molar-refractivity contribution < 1.29 is 0 Å². The molecule has 0 saturated carbocycles. The minimum atomic E-state index is -0.176. The molecular formula is C15H19N3. The maximum Gasteiger partial charge on any atom is 0.138 e. The fraction of sp³-hybridized carbons (Fsp3) is 0.333. The second-order valence-corrected chi connectivity index (χ2v) is 4.89. The van der Waals surface area contributed by atoms with Crippen molar-refractivity contribution in [3.8, 4) is 0 Å². The highest BCUT2D eigenvalue weighted by molar-refractivity contribution is 5.30. The molecule has 0 amide bonds. The van der Waals surface area contributed by atoms with E-state index >= 15 is 0 Å². The summed E-state index contributed by atoms with van der Waals surface area (Å²) in [6.45, 7) is 5.07. The van der Waals surface area contributed by atoms with E-state index < -0.39 is 0 Å². The van der Waals surface area contributed by atoms with E-state index in [-0.39, 0.29) is 5.41 Å². The fourth-order valence-electron chi connectivity index (χ4n) is 1.96.